The molecule has 0 unspecified atom stereocenters. The molecule has 2 amide bonds. The van der Waals surface area contributed by atoms with Gasteiger partial charge in [-0.05, 0) is 17.7 Å². The predicted molar refractivity (Wildman–Crippen MR) is 110 cm³/mol. The van der Waals surface area contributed by atoms with Gasteiger partial charge in [0, 0.05) is 17.5 Å². The number of benzene rings is 2. The average Bonchev–Trinajstić information content (AvgIpc) is 3.38. The molecule has 2 aromatic carbocycles. The summed E-state index contributed by atoms with van der Waals surface area (Å²) in [4.78, 5) is 29.4. The van der Waals surface area contributed by atoms with Crippen molar-refractivity contribution >= 4 is 35.2 Å². The lowest BCUT2D eigenvalue weighted by Crippen LogP contribution is -2.36. The molecule has 2 aliphatic heterocycles. The van der Waals surface area contributed by atoms with Crippen molar-refractivity contribution in [3.63, 3.8) is 0 Å². The molecule has 0 fully saturated rings. The van der Waals surface area contributed by atoms with Crippen molar-refractivity contribution in [3.8, 4) is 11.5 Å². The van der Waals surface area contributed by atoms with Gasteiger partial charge in [0.15, 0.2) is 11.5 Å². The molecule has 0 aliphatic carbocycles. The molecule has 0 radical (unpaired) electrons. The number of amides is 2. The summed E-state index contributed by atoms with van der Waals surface area (Å²) >= 11 is 1.44. The van der Waals surface area contributed by atoms with Crippen molar-refractivity contribution in [2.24, 2.45) is 0 Å². The summed E-state index contributed by atoms with van der Waals surface area (Å²) in [5, 5.41) is 10.4. The van der Waals surface area contributed by atoms with E-state index in [1.165, 1.54) is 16.4 Å². The summed E-state index contributed by atoms with van der Waals surface area (Å²) in [5.41, 5.74) is 1.69. The third-order valence-electron chi connectivity index (χ3n) is 4.69. The van der Waals surface area contributed by atoms with Gasteiger partial charge in [0.2, 0.25) is 29.7 Å². The maximum absolute atomic E-state index is 12.9. The minimum atomic E-state index is -0.794. The lowest BCUT2D eigenvalue weighted by molar-refractivity contribution is -0.125. The molecule has 2 N–H and O–H groups in total. The molecule has 152 valence electrons. The molecule has 0 saturated carbocycles. The molecule has 3 aromatic rings. The summed E-state index contributed by atoms with van der Waals surface area (Å²) in [6.45, 7) is 0.154. The van der Waals surface area contributed by atoms with E-state index in [2.05, 4.69) is 20.7 Å². The first-order valence-corrected chi connectivity index (χ1v) is 10.3. The zero-order chi connectivity index (χ0) is 20.5. The zero-order valence-corrected chi connectivity index (χ0v) is 16.5. The number of carbonyl (C=O) groups excluding carboxylic acids is 2. The minimum Gasteiger partial charge on any atom is -0.454 e. The summed E-state index contributed by atoms with van der Waals surface area (Å²) in [6, 6.07) is 14.3. The highest BCUT2D eigenvalue weighted by molar-refractivity contribution is 7.98. The smallest absolute Gasteiger partial charge is 0.249 e. The fraction of sp³-hybridized carbons (Fsp3) is 0.200. The highest BCUT2D eigenvalue weighted by Gasteiger charge is 2.33. The molecule has 30 heavy (non-hydrogen) atoms. The number of hydrogen-bond donors (Lipinski definition) is 2. The summed E-state index contributed by atoms with van der Waals surface area (Å²) in [7, 11) is 0. The van der Waals surface area contributed by atoms with Gasteiger partial charge in [-0.25, -0.2) is 4.68 Å². The number of fused-ring (bicyclic) bond motifs is 2. The quantitative estimate of drug-likeness (QED) is 0.608. The highest BCUT2D eigenvalue weighted by atomic mass is 32.2. The van der Waals surface area contributed by atoms with Crippen molar-refractivity contribution in [1.29, 1.82) is 0 Å². The van der Waals surface area contributed by atoms with E-state index >= 15 is 0 Å². The van der Waals surface area contributed by atoms with Gasteiger partial charge < -0.3 is 14.8 Å². The van der Waals surface area contributed by atoms with Crippen LogP contribution in [0.4, 0.5) is 11.6 Å². The maximum Gasteiger partial charge on any atom is 0.249 e. The van der Waals surface area contributed by atoms with Gasteiger partial charge in [-0.15, -0.1) is 5.10 Å². The molecule has 2 aliphatic rings. The van der Waals surface area contributed by atoms with Crippen molar-refractivity contribution < 1.29 is 19.1 Å². The Bertz CT molecular complexity index is 1120. The van der Waals surface area contributed by atoms with Crippen LogP contribution in [0.25, 0.3) is 0 Å². The van der Waals surface area contributed by atoms with Crippen LogP contribution in [0.15, 0.2) is 53.7 Å². The molecule has 0 bridgehead atoms. The Hall–Kier alpha value is -3.53. The number of nitrogens with zero attached hydrogens (tertiary/aromatic N) is 3. The first-order chi connectivity index (χ1) is 14.7. The summed E-state index contributed by atoms with van der Waals surface area (Å²) < 4.78 is 12.1. The topological polar surface area (TPSA) is 107 Å². The second-order valence-corrected chi connectivity index (χ2v) is 7.70. The third-order valence-corrected chi connectivity index (χ3v) is 5.60. The monoisotopic (exact) mass is 423 g/mol. The number of thioether (sulfide) groups is 1. The van der Waals surface area contributed by atoms with Crippen LogP contribution in [0, 0.1) is 0 Å². The molecule has 1 aromatic heterocycles. The minimum absolute atomic E-state index is 0.0183. The second kappa shape index (κ2) is 7.71. The average molecular weight is 423 g/mol. The van der Waals surface area contributed by atoms with Gasteiger partial charge in [-0.1, -0.05) is 42.1 Å². The molecule has 0 saturated heterocycles. The number of anilines is 2. The number of hydrogen-bond acceptors (Lipinski definition) is 7. The normalized spacial score (nSPS) is 16.7. The van der Waals surface area contributed by atoms with Gasteiger partial charge in [-0.3, -0.25) is 14.9 Å². The Morgan fingerprint density at radius 3 is 2.90 bits per heavy atom. The molecule has 5 rings (SSSR count). The molecule has 1 atom stereocenters. The van der Waals surface area contributed by atoms with E-state index in [-0.39, 0.29) is 31.0 Å². The van der Waals surface area contributed by atoms with E-state index in [1.54, 1.807) is 18.2 Å². The molecule has 0 spiro atoms. The Morgan fingerprint density at radius 1 is 1.20 bits per heavy atom. The maximum atomic E-state index is 12.9. The number of nitrogens with one attached hydrogen (secondary N) is 2. The van der Waals surface area contributed by atoms with E-state index in [4.69, 9.17) is 9.47 Å². The van der Waals surface area contributed by atoms with E-state index < -0.39 is 6.04 Å². The van der Waals surface area contributed by atoms with Crippen molar-refractivity contribution in [1.82, 2.24) is 14.8 Å². The van der Waals surface area contributed by atoms with Crippen LogP contribution in [-0.4, -0.2) is 33.4 Å². The third kappa shape index (κ3) is 3.69. The Labute approximate surface area is 175 Å². The van der Waals surface area contributed by atoms with Crippen LogP contribution in [0.2, 0.25) is 0 Å². The van der Waals surface area contributed by atoms with Crippen molar-refractivity contribution in [3.05, 3.63) is 54.1 Å². The molecule has 3 heterocycles. The van der Waals surface area contributed by atoms with E-state index in [0.717, 1.165) is 5.56 Å². The summed E-state index contributed by atoms with van der Waals surface area (Å²) in [6.07, 6.45) is -0.0183. The Morgan fingerprint density at radius 2 is 2.03 bits per heavy atom. The van der Waals surface area contributed by atoms with Gasteiger partial charge in [0.25, 0.3) is 0 Å². The van der Waals surface area contributed by atoms with Gasteiger partial charge in [0.1, 0.15) is 6.04 Å². The van der Waals surface area contributed by atoms with E-state index in [9.17, 15) is 9.59 Å². The number of aromatic nitrogens is 3. The van der Waals surface area contributed by atoms with Crippen LogP contribution >= 0.6 is 11.8 Å². The summed E-state index contributed by atoms with van der Waals surface area (Å²) in [5.74, 6) is 1.52. The van der Waals surface area contributed by atoms with Gasteiger partial charge >= 0.3 is 0 Å². The number of ether oxygens (including phenoxy) is 2. The number of rotatable bonds is 5. The lowest BCUT2D eigenvalue weighted by Gasteiger charge is -2.22. The van der Waals surface area contributed by atoms with Gasteiger partial charge in [-0.2, -0.15) is 4.98 Å². The molecule has 10 heteroatoms. The first-order valence-electron chi connectivity index (χ1n) is 9.29. The molecular weight excluding hydrogens is 406 g/mol. The predicted octanol–water partition coefficient (Wildman–Crippen LogP) is 2.82. The van der Waals surface area contributed by atoms with Crippen molar-refractivity contribution in [2.45, 2.75) is 23.4 Å². The van der Waals surface area contributed by atoms with Crippen molar-refractivity contribution in [2.75, 3.05) is 17.4 Å². The molecule has 9 nitrogen and oxygen atoms in total. The fourth-order valence-electron chi connectivity index (χ4n) is 3.23. The van der Waals surface area contributed by atoms with Crippen LogP contribution in [0.1, 0.15) is 18.0 Å². The lowest BCUT2D eigenvalue weighted by atomic mass is 10.1. The van der Waals surface area contributed by atoms with Gasteiger partial charge in [0.05, 0.1) is 6.42 Å². The van der Waals surface area contributed by atoms with E-state index in [1.807, 2.05) is 30.3 Å². The zero-order valence-electron chi connectivity index (χ0n) is 15.7. The molecular formula is C20H17N5O4S. The standard InChI is InChI=1S/C20H17N5O4S/c26-17-9-14(18(27)21-13-6-7-15-16(8-13)29-11-28-15)25-19(22-17)23-20(24-25)30-10-12-4-2-1-3-5-12/h1-8,14H,9-11H2,(H,21,27)(H,22,23,24,26)/t14-/m0/s1. The fourth-order valence-corrected chi connectivity index (χ4v) is 4.02. The van der Waals surface area contributed by atoms with Crippen LogP contribution in [-0.2, 0) is 15.3 Å². The van der Waals surface area contributed by atoms with Crippen LogP contribution < -0.4 is 20.1 Å². The second-order valence-electron chi connectivity index (χ2n) is 6.76. The SMILES string of the molecule is O=C1C[C@@H](C(=O)Nc2ccc3c(c2)OCO3)n2nc(SCc3ccccc3)nc2N1. The Balaban J connectivity index is 1.33. The largest absolute Gasteiger partial charge is 0.454 e. The first kappa shape index (κ1) is 18.5. The van der Waals surface area contributed by atoms with Crippen LogP contribution in [0.3, 0.4) is 0 Å². The van der Waals surface area contributed by atoms with Crippen LogP contribution in [0.5, 0.6) is 11.5 Å². The Kier molecular flexibility index (Phi) is 4.75. The number of carbonyl (C=O) groups is 2. The van der Waals surface area contributed by atoms with E-state index in [0.29, 0.717) is 28.1 Å². The highest BCUT2D eigenvalue weighted by Crippen LogP contribution is 2.35.